The summed E-state index contributed by atoms with van der Waals surface area (Å²) < 4.78 is 7.46. The molecule has 1 aliphatic carbocycles. The molecule has 0 N–H and O–H groups in total. The van der Waals surface area contributed by atoms with Gasteiger partial charge in [-0.25, -0.2) is 4.79 Å². The van der Waals surface area contributed by atoms with Gasteiger partial charge in [-0.1, -0.05) is 24.3 Å². The first kappa shape index (κ1) is 19.9. The second kappa shape index (κ2) is 8.46. The van der Waals surface area contributed by atoms with Crippen molar-refractivity contribution in [2.24, 2.45) is 0 Å². The molecule has 0 bridgehead atoms. The van der Waals surface area contributed by atoms with E-state index in [1.54, 1.807) is 18.0 Å². The molecule has 1 aromatic heterocycles. The van der Waals surface area contributed by atoms with Crippen LogP contribution in [0.5, 0.6) is 0 Å². The van der Waals surface area contributed by atoms with Crippen molar-refractivity contribution in [3.63, 3.8) is 0 Å². The summed E-state index contributed by atoms with van der Waals surface area (Å²) in [7, 11) is 1.71. The third kappa shape index (κ3) is 4.71. The minimum Gasteiger partial charge on any atom is -0.452 e. The summed E-state index contributed by atoms with van der Waals surface area (Å²) >= 11 is 0. The number of benzene rings is 1. The molecule has 1 heterocycles. The van der Waals surface area contributed by atoms with Gasteiger partial charge >= 0.3 is 5.97 Å². The number of aromatic nitrogens is 1. The Morgan fingerprint density at radius 2 is 1.93 bits per heavy atom. The van der Waals surface area contributed by atoms with Crippen molar-refractivity contribution in [1.29, 1.82) is 0 Å². The van der Waals surface area contributed by atoms with Crippen molar-refractivity contribution >= 4 is 18.0 Å². The van der Waals surface area contributed by atoms with Crippen LogP contribution in [0.1, 0.15) is 47.0 Å². The Bertz CT molecular complexity index is 907. The molecule has 1 aliphatic rings. The van der Waals surface area contributed by atoms with Gasteiger partial charge in [0.1, 0.15) is 0 Å². The summed E-state index contributed by atoms with van der Waals surface area (Å²) in [6, 6.07) is 10.6. The highest BCUT2D eigenvalue weighted by Gasteiger charge is 2.26. The van der Waals surface area contributed by atoms with E-state index in [1.165, 1.54) is 24.6 Å². The average Bonchev–Trinajstić information content (AvgIpc) is 3.45. The van der Waals surface area contributed by atoms with Crippen LogP contribution in [-0.4, -0.2) is 35.0 Å². The Morgan fingerprint density at radius 1 is 1.21 bits per heavy atom. The van der Waals surface area contributed by atoms with E-state index < -0.39 is 5.97 Å². The van der Waals surface area contributed by atoms with Crippen LogP contribution in [0, 0.1) is 20.8 Å². The molecule has 0 aliphatic heterocycles. The normalized spacial score (nSPS) is 13.7. The van der Waals surface area contributed by atoms with Crippen LogP contribution in [0.2, 0.25) is 0 Å². The maximum atomic E-state index is 12.2. The Labute approximate surface area is 166 Å². The average molecular weight is 380 g/mol. The number of aryl methyl sites for hydroxylation is 2. The fourth-order valence-corrected chi connectivity index (χ4v) is 3.45. The van der Waals surface area contributed by atoms with Gasteiger partial charge < -0.3 is 14.2 Å². The molecule has 148 valence electrons. The summed E-state index contributed by atoms with van der Waals surface area (Å²) in [5.74, 6) is -0.731. The summed E-state index contributed by atoms with van der Waals surface area (Å²) in [6.45, 7) is 6.40. The number of hydrogen-bond acceptors (Lipinski definition) is 3. The SMILES string of the molecule is Cc1ccccc1CN(C)C(=O)COC(=O)/C=C/c1cc(C)n(C2CC2)c1C. The van der Waals surface area contributed by atoms with Gasteiger partial charge in [-0.2, -0.15) is 0 Å². The zero-order valence-electron chi connectivity index (χ0n) is 17.1. The highest BCUT2D eigenvalue weighted by Crippen LogP contribution is 2.38. The number of hydrogen-bond donors (Lipinski definition) is 0. The highest BCUT2D eigenvalue weighted by molar-refractivity contribution is 5.89. The molecule has 0 spiro atoms. The fourth-order valence-electron chi connectivity index (χ4n) is 3.45. The van der Waals surface area contributed by atoms with Gasteiger partial charge in [0, 0.05) is 37.1 Å². The van der Waals surface area contributed by atoms with Crippen LogP contribution >= 0.6 is 0 Å². The van der Waals surface area contributed by atoms with Crippen molar-refractivity contribution in [1.82, 2.24) is 9.47 Å². The molecule has 0 unspecified atom stereocenters. The molecular formula is C23H28N2O3. The maximum absolute atomic E-state index is 12.2. The molecule has 0 atom stereocenters. The lowest BCUT2D eigenvalue weighted by atomic mass is 10.1. The Kier molecular flexibility index (Phi) is 6.02. The molecule has 1 fully saturated rings. The standard InChI is InChI=1S/C23H28N2O3/c1-16-7-5-6-8-20(16)14-24(4)22(26)15-28-23(27)12-9-19-13-17(2)25(18(19)3)21-10-11-21/h5-9,12-13,21H,10-11,14-15H2,1-4H3/b12-9+. The number of nitrogens with zero attached hydrogens (tertiary/aromatic N) is 2. The number of esters is 1. The Morgan fingerprint density at radius 3 is 2.61 bits per heavy atom. The third-order valence-electron chi connectivity index (χ3n) is 5.27. The highest BCUT2D eigenvalue weighted by atomic mass is 16.5. The van der Waals surface area contributed by atoms with E-state index >= 15 is 0 Å². The van der Waals surface area contributed by atoms with Gasteiger partial charge in [-0.3, -0.25) is 4.79 Å². The van der Waals surface area contributed by atoms with E-state index in [9.17, 15) is 9.59 Å². The fraction of sp³-hybridized carbons (Fsp3) is 0.391. The van der Waals surface area contributed by atoms with E-state index in [4.69, 9.17) is 4.74 Å². The van der Waals surface area contributed by atoms with Gasteiger partial charge in [-0.15, -0.1) is 0 Å². The number of likely N-dealkylation sites (N-methyl/N-ethyl adjacent to an activating group) is 1. The summed E-state index contributed by atoms with van der Waals surface area (Å²) in [5, 5.41) is 0. The zero-order chi connectivity index (χ0) is 20.3. The molecule has 1 aromatic carbocycles. The topological polar surface area (TPSA) is 51.5 Å². The molecule has 3 rings (SSSR count). The second-order valence-electron chi connectivity index (χ2n) is 7.54. The van der Waals surface area contributed by atoms with Crippen LogP contribution < -0.4 is 0 Å². The van der Waals surface area contributed by atoms with E-state index in [2.05, 4.69) is 24.5 Å². The molecule has 5 heteroatoms. The monoisotopic (exact) mass is 380 g/mol. The third-order valence-corrected chi connectivity index (χ3v) is 5.27. The summed E-state index contributed by atoms with van der Waals surface area (Å²) in [6.07, 6.45) is 5.61. The first-order chi connectivity index (χ1) is 13.4. The molecule has 1 saturated carbocycles. The van der Waals surface area contributed by atoms with Crippen LogP contribution in [0.25, 0.3) is 6.08 Å². The summed E-state index contributed by atoms with van der Waals surface area (Å²) in [5.41, 5.74) is 5.60. The minimum absolute atomic E-state index is 0.225. The van der Waals surface area contributed by atoms with Crippen molar-refractivity contribution in [3.8, 4) is 0 Å². The lowest BCUT2D eigenvalue weighted by Crippen LogP contribution is -2.30. The smallest absolute Gasteiger partial charge is 0.331 e. The first-order valence-corrected chi connectivity index (χ1v) is 9.68. The lowest BCUT2D eigenvalue weighted by Gasteiger charge is -2.18. The van der Waals surface area contributed by atoms with Gasteiger partial charge in [0.2, 0.25) is 0 Å². The number of amides is 1. The van der Waals surface area contributed by atoms with Crippen molar-refractivity contribution < 1.29 is 14.3 Å². The molecule has 2 aromatic rings. The molecule has 1 amide bonds. The van der Waals surface area contributed by atoms with Gasteiger partial charge in [-0.05, 0) is 62.4 Å². The zero-order valence-corrected chi connectivity index (χ0v) is 17.1. The van der Waals surface area contributed by atoms with Gasteiger partial charge in [0.05, 0.1) is 0 Å². The predicted molar refractivity (Wildman–Crippen MR) is 110 cm³/mol. The number of carbonyl (C=O) groups is 2. The first-order valence-electron chi connectivity index (χ1n) is 9.68. The molecule has 0 radical (unpaired) electrons. The van der Waals surface area contributed by atoms with Crippen LogP contribution in [-0.2, 0) is 20.9 Å². The van der Waals surface area contributed by atoms with E-state index in [0.29, 0.717) is 12.6 Å². The van der Waals surface area contributed by atoms with Crippen molar-refractivity contribution in [2.75, 3.05) is 13.7 Å². The van der Waals surface area contributed by atoms with Crippen molar-refractivity contribution in [2.45, 2.75) is 46.2 Å². The van der Waals surface area contributed by atoms with Crippen molar-refractivity contribution in [3.05, 3.63) is 64.5 Å². The van der Waals surface area contributed by atoms with Crippen LogP contribution in [0.15, 0.2) is 36.4 Å². The lowest BCUT2D eigenvalue weighted by molar-refractivity contribution is -0.147. The Hall–Kier alpha value is -2.82. The molecular weight excluding hydrogens is 352 g/mol. The summed E-state index contributed by atoms with van der Waals surface area (Å²) in [4.78, 5) is 25.8. The molecule has 0 saturated heterocycles. The number of rotatable bonds is 7. The number of ether oxygens (including phenoxy) is 1. The van der Waals surface area contributed by atoms with Crippen LogP contribution in [0.3, 0.4) is 0 Å². The largest absolute Gasteiger partial charge is 0.452 e. The number of carbonyl (C=O) groups excluding carboxylic acids is 2. The van der Waals surface area contributed by atoms with Crippen LogP contribution in [0.4, 0.5) is 0 Å². The molecule has 5 nitrogen and oxygen atoms in total. The van der Waals surface area contributed by atoms with E-state index in [0.717, 1.165) is 22.4 Å². The van der Waals surface area contributed by atoms with Gasteiger partial charge in [0.25, 0.3) is 5.91 Å². The quantitative estimate of drug-likeness (QED) is 0.540. The second-order valence-corrected chi connectivity index (χ2v) is 7.54. The van der Waals surface area contributed by atoms with E-state index in [1.807, 2.05) is 31.2 Å². The van der Waals surface area contributed by atoms with E-state index in [-0.39, 0.29) is 12.5 Å². The molecule has 28 heavy (non-hydrogen) atoms. The predicted octanol–water partition coefficient (Wildman–Crippen LogP) is 3.96. The van der Waals surface area contributed by atoms with Gasteiger partial charge in [0.15, 0.2) is 6.61 Å². The maximum Gasteiger partial charge on any atom is 0.331 e. The Balaban J connectivity index is 1.51. The minimum atomic E-state index is -0.506.